The highest BCUT2D eigenvalue weighted by atomic mass is 16.5. The lowest BCUT2D eigenvalue weighted by atomic mass is 10.0. The third-order valence-corrected chi connectivity index (χ3v) is 4.81. The fraction of sp³-hybridized carbons (Fsp3) is 0.217. The molecule has 2 aromatic carbocycles. The highest BCUT2D eigenvalue weighted by Gasteiger charge is 2.26. The molecular formula is C23H22N4O4. The van der Waals surface area contributed by atoms with Gasteiger partial charge in [0.05, 0.1) is 7.11 Å². The third kappa shape index (κ3) is 4.48. The van der Waals surface area contributed by atoms with E-state index in [4.69, 9.17) is 13.8 Å². The molecule has 0 fully saturated rings. The van der Waals surface area contributed by atoms with Crippen LogP contribution in [-0.2, 0) is 0 Å². The van der Waals surface area contributed by atoms with Crippen LogP contribution in [0.25, 0.3) is 22.7 Å². The van der Waals surface area contributed by atoms with Gasteiger partial charge in [0.2, 0.25) is 11.7 Å². The minimum absolute atomic E-state index is 0.0148. The van der Waals surface area contributed by atoms with Crippen LogP contribution >= 0.6 is 0 Å². The summed E-state index contributed by atoms with van der Waals surface area (Å²) in [6.45, 7) is 3.92. The molecule has 0 bridgehead atoms. The topological polar surface area (TPSA) is 103 Å². The van der Waals surface area contributed by atoms with Gasteiger partial charge in [-0.1, -0.05) is 54.5 Å². The Morgan fingerprint density at radius 2 is 1.71 bits per heavy atom. The van der Waals surface area contributed by atoms with Crippen molar-refractivity contribution in [3.8, 4) is 28.5 Å². The Kier molecular flexibility index (Phi) is 5.79. The number of carbonyl (C=O) groups is 1. The van der Waals surface area contributed by atoms with Crippen molar-refractivity contribution in [3.63, 3.8) is 0 Å². The molecule has 1 amide bonds. The first kappa shape index (κ1) is 20.3. The summed E-state index contributed by atoms with van der Waals surface area (Å²) in [6, 6.07) is 17.9. The Labute approximate surface area is 179 Å². The van der Waals surface area contributed by atoms with Gasteiger partial charge < -0.3 is 19.1 Å². The number of nitrogens with zero attached hydrogens (tertiary/aromatic N) is 3. The summed E-state index contributed by atoms with van der Waals surface area (Å²) in [5.74, 6) is 1.65. The van der Waals surface area contributed by atoms with Gasteiger partial charge >= 0.3 is 0 Å². The second-order valence-electron chi connectivity index (χ2n) is 7.32. The number of amides is 1. The van der Waals surface area contributed by atoms with Crippen LogP contribution in [0.4, 0.5) is 0 Å². The molecule has 0 aliphatic heterocycles. The molecule has 31 heavy (non-hydrogen) atoms. The maximum Gasteiger partial charge on any atom is 0.274 e. The third-order valence-electron chi connectivity index (χ3n) is 4.81. The number of methoxy groups -OCH3 is 1. The Bertz CT molecular complexity index is 1150. The van der Waals surface area contributed by atoms with Crippen molar-refractivity contribution in [3.05, 3.63) is 72.2 Å². The van der Waals surface area contributed by atoms with Crippen molar-refractivity contribution < 1.29 is 18.6 Å². The molecule has 158 valence electrons. The van der Waals surface area contributed by atoms with Crippen LogP contribution in [0.3, 0.4) is 0 Å². The molecule has 4 aromatic rings. The highest BCUT2D eigenvalue weighted by molar-refractivity contribution is 5.93. The van der Waals surface area contributed by atoms with E-state index >= 15 is 0 Å². The summed E-state index contributed by atoms with van der Waals surface area (Å²) in [4.78, 5) is 17.3. The number of rotatable bonds is 7. The zero-order valence-electron chi connectivity index (χ0n) is 17.4. The number of hydrogen-bond donors (Lipinski definition) is 1. The number of benzene rings is 2. The Balaban J connectivity index is 1.51. The first-order valence-electron chi connectivity index (χ1n) is 9.86. The van der Waals surface area contributed by atoms with Gasteiger partial charge in [-0.15, -0.1) is 0 Å². The number of nitrogens with one attached hydrogen (secondary N) is 1. The van der Waals surface area contributed by atoms with Crippen molar-refractivity contribution in [2.45, 2.75) is 19.9 Å². The Morgan fingerprint density at radius 3 is 2.39 bits per heavy atom. The van der Waals surface area contributed by atoms with Gasteiger partial charge in [0.15, 0.2) is 11.5 Å². The molecule has 1 atom stereocenters. The minimum atomic E-state index is -0.474. The monoisotopic (exact) mass is 418 g/mol. The van der Waals surface area contributed by atoms with E-state index in [1.165, 1.54) is 0 Å². The number of aromatic nitrogens is 3. The van der Waals surface area contributed by atoms with Crippen LogP contribution in [0.5, 0.6) is 5.75 Å². The molecule has 0 unspecified atom stereocenters. The summed E-state index contributed by atoms with van der Waals surface area (Å²) in [7, 11) is 1.60. The molecule has 8 heteroatoms. The molecule has 2 aromatic heterocycles. The zero-order valence-corrected chi connectivity index (χ0v) is 17.4. The lowest BCUT2D eigenvalue weighted by Crippen LogP contribution is -2.32. The lowest BCUT2D eigenvalue weighted by molar-refractivity contribution is 0.0904. The van der Waals surface area contributed by atoms with E-state index in [2.05, 4.69) is 20.6 Å². The fourth-order valence-corrected chi connectivity index (χ4v) is 3.07. The summed E-state index contributed by atoms with van der Waals surface area (Å²) >= 11 is 0. The van der Waals surface area contributed by atoms with Crippen LogP contribution in [0.1, 0.15) is 36.3 Å². The highest BCUT2D eigenvalue weighted by Crippen LogP contribution is 2.26. The molecule has 0 radical (unpaired) electrons. The van der Waals surface area contributed by atoms with Crippen LogP contribution in [0, 0.1) is 5.92 Å². The van der Waals surface area contributed by atoms with Gasteiger partial charge in [-0.25, -0.2) is 0 Å². The maximum atomic E-state index is 12.8. The van der Waals surface area contributed by atoms with E-state index in [0.29, 0.717) is 17.5 Å². The quantitative estimate of drug-likeness (QED) is 0.470. The van der Waals surface area contributed by atoms with Gasteiger partial charge in [-0.3, -0.25) is 4.79 Å². The van der Waals surface area contributed by atoms with Crippen molar-refractivity contribution in [1.82, 2.24) is 20.6 Å². The molecule has 0 aliphatic rings. The van der Waals surface area contributed by atoms with E-state index in [-0.39, 0.29) is 17.5 Å². The summed E-state index contributed by atoms with van der Waals surface area (Å²) in [6.07, 6.45) is 0. The first-order chi connectivity index (χ1) is 15.0. The predicted molar refractivity (Wildman–Crippen MR) is 113 cm³/mol. The first-order valence-corrected chi connectivity index (χ1v) is 9.86. The molecular weight excluding hydrogens is 396 g/mol. The van der Waals surface area contributed by atoms with Gasteiger partial charge in [0, 0.05) is 17.2 Å². The molecule has 1 N–H and O–H groups in total. The lowest BCUT2D eigenvalue weighted by Gasteiger charge is -2.17. The average Bonchev–Trinajstić information content (AvgIpc) is 3.48. The SMILES string of the molecule is COc1ccc(-c2cc(C(=O)N[C@H](c3nc(-c4ccccc4)no3)C(C)C)no2)cc1. The molecule has 4 rings (SSSR count). The molecule has 0 saturated carbocycles. The average molecular weight is 418 g/mol. The fourth-order valence-electron chi connectivity index (χ4n) is 3.07. The second-order valence-corrected chi connectivity index (χ2v) is 7.32. The van der Waals surface area contributed by atoms with Crippen molar-refractivity contribution >= 4 is 5.91 Å². The Hall–Kier alpha value is -3.94. The number of hydrogen-bond acceptors (Lipinski definition) is 7. The zero-order chi connectivity index (χ0) is 21.8. The summed E-state index contributed by atoms with van der Waals surface area (Å²) in [5.41, 5.74) is 1.79. The molecule has 0 aliphatic carbocycles. The normalized spacial score (nSPS) is 12.0. The van der Waals surface area contributed by atoms with Gasteiger partial charge in [0.1, 0.15) is 11.8 Å². The van der Waals surface area contributed by atoms with Crippen molar-refractivity contribution in [1.29, 1.82) is 0 Å². The van der Waals surface area contributed by atoms with E-state index in [0.717, 1.165) is 16.9 Å². The van der Waals surface area contributed by atoms with Crippen LogP contribution in [0.2, 0.25) is 0 Å². The van der Waals surface area contributed by atoms with Crippen LogP contribution < -0.4 is 10.1 Å². The van der Waals surface area contributed by atoms with E-state index in [1.807, 2.05) is 68.4 Å². The molecule has 2 heterocycles. The van der Waals surface area contributed by atoms with E-state index in [1.54, 1.807) is 13.2 Å². The largest absolute Gasteiger partial charge is 0.497 e. The van der Waals surface area contributed by atoms with Crippen LogP contribution in [-0.4, -0.2) is 28.3 Å². The van der Waals surface area contributed by atoms with Crippen molar-refractivity contribution in [2.75, 3.05) is 7.11 Å². The molecule has 0 saturated heterocycles. The van der Waals surface area contributed by atoms with E-state index in [9.17, 15) is 4.79 Å². The smallest absolute Gasteiger partial charge is 0.274 e. The predicted octanol–water partition coefficient (Wildman–Crippen LogP) is 4.53. The van der Waals surface area contributed by atoms with Crippen molar-refractivity contribution in [2.24, 2.45) is 5.92 Å². The summed E-state index contributed by atoms with van der Waals surface area (Å²) < 4.78 is 16.0. The summed E-state index contributed by atoms with van der Waals surface area (Å²) in [5, 5.41) is 10.9. The Morgan fingerprint density at radius 1 is 0.968 bits per heavy atom. The maximum absolute atomic E-state index is 12.8. The van der Waals surface area contributed by atoms with E-state index < -0.39 is 6.04 Å². The van der Waals surface area contributed by atoms with Gasteiger partial charge in [-0.2, -0.15) is 4.98 Å². The molecule has 0 spiro atoms. The second kappa shape index (κ2) is 8.83. The molecule has 8 nitrogen and oxygen atoms in total. The van der Waals surface area contributed by atoms with Gasteiger partial charge in [0.25, 0.3) is 5.91 Å². The minimum Gasteiger partial charge on any atom is -0.497 e. The standard InChI is InChI=1S/C23H22N4O4/c1-14(2)20(23-25-21(27-31-23)16-7-5-4-6-8-16)24-22(28)18-13-19(30-26-18)15-9-11-17(29-3)12-10-15/h4-14,20H,1-3H3,(H,24,28)/t20-/m0/s1. The van der Waals surface area contributed by atoms with Gasteiger partial charge in [-0.05, 0) is 30.2 Å². The number of carbonyl (C=O) groups excluding carboxylic acids is 1. The van der Waals surface area contributed by atoms with Crippen LogP contribution in [0.15, 0.2) is 69.7 Å². The number of ether oxygens (including phenoxy) is 1.